The molecule has 2 unspecified atom stereocenters. The second-order valence-electron chi connectivity index (χ2n) is 4.34. The van der Waals surface area contributed by atoms with Crippen molar-refractivity contribution in [3.05, 3.63) is 0 Å². The van der Waals surface area contributed by atoms with Gasteiger partial charge in [-0.15, -0.1) is 0 Å². The van der Waals surface area contributed by atoms with Gasteiger partial charge in [-0.2, -0.15) is 0 Å². The van der Waals surface area contributed by atoms with Crippen LogP contribution in [0.25, 0.3) is 0 Å². The van der Waals surface area contributed by atoms with Gasteiger partial charge in [0.2, 0.25) is 5.91 Å². The Bertz CT molecular complexity index is 220. The van der Waals surface area contributed by atoms with Gasteiger partial charge in [-0.1, -0.05) is 13.8 Å². The van der Waals surface area contributed by atoms with E-state index in [-0.39, 0.29) is 11.9 Å². The van der Waals surface area contributed by atoms with Crippen LogP contribution in [0.5, 0.6) is 0 Å². The summed E-state index contributed by atoms with van der Waals surface area (Å²) in [6, 6.07) is 0.178. The fourth-order valence-corrected chi connectivity index (χ4v) is 2.00. The SMILES string of the molecule is CCC(N)C(=O)N1CCN(C)C(CC)C1. The van der Waals surface area contributed by atoms with Gasteiger partial charge in [-0.25, -0.2) is 0 Å². The zero-order chi connectivity index (χ0) is 11.4. The van der Waals surface area contributed by atoms with Crippen LogP contribution in [0.2, 0.25) is 0 Å². The molecule has 0 radical (unpaired) electrons. The number of likely N-dealkylation sites (N-methyl/N-ethyl adjacent to an activating group) is 1. The average molecular weight is 213 g/mol. The summed E-state index contributed by atoms with van der Waals surface area (Å²) in [4.78, 5) is 16.1. The van der Waals surface area contributed by atoms with Crippen molar-refractivity contribution in [1.82, 2.24) is 9.80 Å². The molecule has 4 nitrogen and oxygen atoms in total. The maximum atomic E-state index is 11.9. The van der Waals surface area contributed by atoms with E-state index in [1.807, 2.05) is 11.8 Å². The Labute approximate surface area is 92.4 Å². The maximum absolute atomic E-state index is 11.9. The molecule has 4 heteroatoms. The highest BCUT2D eigenvalue weighted by molar-refractivity contribution is 5.81. The standard InChI is InChI=1S/C11H23N3O/c1-4-9-8-14(7-6-13(9)3)11(15)10(12)5-2/h9-10H,4-8,12H2,1-3H3. The van der Waals surface area contributed by atoms with Crippen molar-refractivity contribution in [2.45, 2.75) is 38.8 Å². The van der Waals surface area contributed by atoms with Crippen LogP contribution in [-0.4, -0.2) is 54.5 Å². The third kappa shape index (κ3) is 2.92. The van der Waals surface area contributed by atoms with E-state index in [2.05, 4.69) is 18.9 Å². The maximum Gasteiger partial charge on any atom is 0.239 e. The molecule has 2 atom stereocenters. The summed E-state index contributed by atoms with van der Waals surface area (Å²) >= 11 is 0. The number of nitrogens with zero attached hydrogens (tertiary/aromatic N) is 2. The largest absolute Gasteiger partial charge is 0.338 e. The number of hydrogen-bond acceptors (Lipinski definition) is 3. The number of nitrogens with two attached hydrogens (primary N) is 1. The molecule has 1 rings (SSSR count). The highest BCUT2D eigenvalue weighted by Crippen LogP contribution is 2.11. The molecule has 1 aliphatic rings. The van der Waals surface area contributed by atoms with Gasteiger partial charge in [0.05, 0.1) is 6.04 Å². The summed E-state index contributed by atoms with van der Waals surface area (Å²) in [6.07, 6.45) is 1.81. The van der Waals surface area contributed by atoms with E-state index < -0.39 is 0 Å². The first kappa shape index (κ1) is 12.5. The smallest absolute Gasteiger partial charge is 0.239 e. The van der Waals surface area contributed by atoms with Crippen molar-refractivity contribution in [3.8, 4) is 0 Å². The summed E-state index contributed by atoms with van der Waals surface area (Å²) in [5, 5.41) is 0. The van der Waals surface area contributed by atoms with Gasteiger partial charge in [0.1, 0.15) is 0 Å². The summed E-state index contributed by atoms with van der Waals surface area (Å²) in [5.41, 5.74) is 5.76. The first-order valence-electron chi connectivity index (χ1n) is 5.84. The molecule has 88 valence electrons. The fourth-order valence-electron chi connectivity index (χ4n) is 2.00. The number of amides is 1. The number of piperazine rings is 1. The lowest BCUT2D eigenvalue weighted by atomic mass is 10.1. The summed E-state index contributed by atoms with van der Waals surface area (Å²) in [6.45, 7) is 6.73. The summed E-state index contributed by atoms with van der Waals surface area (Å²) < 4.78 is 0. The molecule has 0 aliphatic carbocycles. The summed E-state index contributed by atoms with van der Waals surface area (Å²) in [7, 11) is 2.12. The van der Waals surface area contributed by atoms with Crippen LogP contribution < -0.4 is 5.73 Å². The van der Waals surface area contributed by atoms with Crippen LogP contribution in [0.1, 0.15) is 26.7 Å². The van der Waals surface area contributed by atoms with E-state index in [0.717, 1.165) is 32.5 Å². The van der Waals surface area contributed by atoms with Crippen molar-refractivity contribution in [2.75, 3.05) is 26.7 Å². The predicted molar refractivity (Wildman–Crippen MR) is 61.6 cm³/mol. The molecule has 0 bridgehead atoms. The Balaban J connectivity index is 2.54. The quantitative estimate of drug-likeness (QED) is 0.732. The molecule has 1 aliphatic heterocycles. The molecule has 1 fully saturated rings. The normalized spacial score (nSPS) is 25.3. The Hall–Kier alpha value is -0.610. The van der Waals surface area contributed by atoms with Gasteiger partial charge in [0, 0.05) is 25.7 Å². The minimum atomic E-state index is -0.314. The fraction of sp³-hybridized carbons (Fsp3) is 0.909. The first-order valence-corrected chi connectivity index (χ1v) is 5.84. The van der Waals surface area contributed by atoms with Crippen LogP contribution in [0.4, 0.5) is 0 Å². The van der Waals surface area contributed by atoms with Crippen LogP contribution in [0.15, 0.2) is 0 Å². The number of hydrogen-bond donors (Lipinski definition) is 1. The number of rotatable bonds is 3. The van der Waals surface area contributed by atoms with Gasteiger partial charge >= 0.3 is 0 Å². The highest BCUT2D eigenvalue weighted by atomic mass is 16.2. The highest BCUT2D eigenvalue weighted by Gasteiger charge is 2.27. The Morgan fingerprint density at radius 1 is 1.47 bits per heavy atom. The molecule has 0 saturated carbocycles. The molecule has 0 aromatic rings. The lowest BCUT2D eigenvalue weighted by Gasteiger charge is -2.39. The first-order chi connectivity index (χ1) is 7.10. The van der Waals surface area contributed by atoms with E-state index in [4.69, 9.17) is 5.73 Å². The third-order valence-electron chi connectivity index (χ3n) is 3.32. The zero-order valence-electron chi connectivity index (χ0n) is 10.1. The predicted octanol–water partition coefficient (Wildman–Crippen LogP) is 0.276. The van der Waals surface area contributed by atoms with Crippen LogP contribution in [0, 0.1) is 0 Å². The molecular formula is C11H23N3O. The van der Waals surface area contributed by atoms with E-state index in [9.17, 15) is 4.79 Å². The zero-order valence-corrected chi connectivity index (χ0v) is 10.1. The van der Waals surface area contributed by atoms with Crippen molar-refractivity contribution in [3.63, 3.8) is 0 Å². The Morgan fingerprint density at radius 2 is 2.13 bits per heavy atom. The van der Waals surface area contributed by atoms with Gasteiger partial charge in [-0.3, -0.25) is 9.69 Å². The lowest BCUT2D eigenvalue weighted by Crippen LogP contribution is -2.56. The van der Waals surface area contributed by atoms with Gasteiger partial charge in [0.25, 0.3) is 0 Å². The minimum absolute atomic E-state index is 0.115. The number of carbonyl (C=O) groups is 1. The van der Waals surface area contributed by atoms with E-state index >= 15 is 0 Å². The lowest BCUT2D eigenvalue weighted by molar-refractivity contribution is -0.135. The summed E-state index contributed by atoms with van der Waals surface area (Å²) in [5.74, 6) is 0.115. The molecule has 2 N–H and O–H groups in total. The molecular weight excluding hydrogens is 190 g/mol. The number of carbonyl (C=O) groups excluding carboxylic acids is 1. The van der Waals surface area contributed by atoms with Gasteiger partial charge < -0.3 is 10.6 Å². The molecule has 1 amide bonds. The molecule has 0 aromatic carbocycles. The van der Waals surface area contributed by atoms with E-state index in [1.165, 1.54) is 0 Å². The van der Waals surface area contributed by atoms with E-state index in [0.29, 0.717) is 6.04 Å². The third-order valence-corrected chi connectivity index (χ3v) is 3.32. The van der Waals surface area contributed by atoms with Crippen LogP contribution in [0.3, 0.4) is 0 Å². The Kier molecular flexibility index (Phi) is 4.54. The van der Waals surface area contributed by atoms with Crippen molar-refractivity contribution in [2.24, 2.45) is 5.73 Å². The second kappa shape index (κ2) is 5.47. The molecule has 0 aromatic heterocycles. The van der Waals surface area contributed by atoms with Gasteiger partial charge in [-0.05, 0) is 19.9 Å². The average Bonchev–Trinajstić information content (AvgIpc) is 2.27. The Morgan fingerprint density at radius 3 is 2.67 bits per heavy atom. The molecule has 1 saturated heterocycles. The second-order valence-corrected chi connectivity index (χ2v) is 4.34. The minimum Gasteiger partial charge on any atom is -0.338 e. The van der Waals surface area contributed by atoms with Crippen molar-refractivity contribution < 1.29 is 4.79 Å². The molecule has 15 heavy (non-hydrogen) atoms. The van der Waals surface area contributed by atoms with Crippen molar-refractivity contribution in [1.29, 1.82) is 0 Å². The van der Waals surface area contributed by atoms with Crippen molar-refractivity contribution >= 4 is 5.91 Å². The van der Waals surface area contributed by atoms with E-state index in [1.54, 1.807) is 0 Å². The molecule has 1 heterocycles. The van der Waals surface area contributed by atoms with Gasteiger partial charge in [0.15, 0.2) is 0 Å². The molecule has 0 spiro atoms. The topological polar surface area (TPSA) is 49.6 Å². The monoisotopic (exact) mass is 213 g/mol. The van der Waals surface area contributed by atoms with Crippen LogP contribution in [-0.2, 0) is 4.79 Å². The van der Waals surface area contributed by atoms with Crippen LogP contribution >= 0.6 is 0 Å².